The first-order valence-corrected chi connectivity index (χ1v) is 8.53. The molecule has 1 N–H and O–H groups in total. The van der Waals surface area contributed by atoms with Gasteiger partial charge in [-0.3, -0.25) is 4.79 Å². The van der Waals surface area contributed by atoms with Gasteiger partial charge in [0, 0.05) is 5.56 Å². The number of quaternary nitrogens is 1. The van der Waals surface area contributed by atoms with Crippen LogP contribution in [0.2, 0.25) is 0 Å². The summed E-state index contributed by atoms with van der Waals surface area (Å²) in [5.74, 6) is 0.508. The molecule has 1 aliphatic heterocycles. The molecule has 1 aromatic carbocycles. The van der Waals surface area contributed by atoms with Crippen molar-refractivity contribution in [3.05, 3.63) is 35.6 Å². The minimum absolute atomic E-state index is 0.0317. The van der Waals surface area contributed by atoms with E-state index in [2.05, 4.69) is 6.92 Å². The zero-order valence-corrected chi connectivity index (χ0v) is 13.4. The van der Waals surface area contributed by atoms with E-state index in [-0.39, 0.29) is 11.7 Å². The molecule has 3 nitrogen and oxygen atoms in total. The Morgan fingerprint density at radius 2 is 1.86 bits per heavy atom. The highest BCUT2D eigenvalue weighted by atomic mass is 19.1. The van der Waals surface area contributed by atoms with Gasteiger partial charge in [-0.1, -0.05) is 13.0 Å². The fraction of sp³-hybridized carbons (Fsp3) is 0.611. The Kier molecular flexibility index (Phi) is 4.77. The van der Waals surface area contributed by atoms with E-state index in [4.69, 9.17) is 0 Å². The molecule has 0 spiro atoms. The van der Waals surface area contributed by atoms with Crippen LogP contribution in [0, 0.1) is 11.7 Å². The molecule has 120 valence electrons. The summed E-state index contributed by atoms with van der Waals surface area (Å²) in [5, 5.41) is 0. The van der Waals surface area contributed by atoms with Gasteiger partial charge in [-0.15, -0.1) is 0 Å². The maximum absolute atomic E-state index is 13.3. The van der Waals surface area contributed by atoms with Gasteiger partial charge < -0.3 is 9.80 Å². The predicted molar refractivity (Wildman–Crippen MR) is 84.4 cm³/mol. The van der Waals surface area contributed by atoms with E-state index in [0.717, 1.165) is 38.1 Å². The number of nitrogens with zero attached hydrogens (tertiary/aromatic N) is 1. The second kappa shape index (κ2) is 6.78. The zero-order valence-electron chi connectivity index (χ0n) is 13.4. The molecule has 1 amide bonds. The largest absolute Gasteiger partial charge is 0.330 e. The van der Waals surface area contributed by atoms with Crippen LogP contribution in [0.5, 0.6) is 0 Å². The smallest absolute Gasteiger partial charge is 0.254 e. The number of nitrogens with one attached hydrogen (secondary N) is 1. The van der Waals surface area contributed by atoms with Crippen LogP contribution in [0.4, 0.5) is 4.39 Å². The number of carbonyl (C=O) groups is 1. The van der Waals surface area contributed by atoms with Gasteiger partial charge in [-0.2, -0.15) is 0 Å². The fourth-order valence-corrected chi connectivity index (χ4v) is 3.88. The molecule has 4 heteroatoms. The van der Waals surface area contributed by atoms with Crippen LogP contribution >= 0.6 is 0 Å². The molecule has 1 saturated carbocycles. The normalized spacial score (nSPS) is 26.9. The van der Waals surface area contributed by atoms with E-state index >= 15 is 0 Å². The first-order chi connectivity index (χ1) is 10.6. The second-order valence-corrected chi connectivity index (χ2v) is 6.92. The topological polar surface area (TPSA) is 24.8 Å². The minimum atomic E-state index is -0.341. The highest BCUT2D eigenvalue weighted by Crippen LogP contribution is 2.22. The van der Waals surface area contributed by atoms with E-state index in [1.165, 1.54) is 37.8 Å². The Morgan fingerprint density at radius 1 is 1.18 bits per heavy atom. The highest BCUT2D eigenvalue weighted by molar-refractivity contribution is 5.94. The third kappa shape index (κ3) is 3.49. The summed E-state index contributed by atoms with van der Waals surface area (Å²) < 4.78 is 13.3. The summed E-state index contributed by atoms with van der Waals surface area (Å²) in [6, 6.07) is 6.80. The van der Waals surface area contributed by atoms with Crippen LogP contribution in [0.1, 0.15) is 43.0 Å². The number of hydrogen-bond donors (Lipinski definition) is 1. The van der Waals surface area contributed by atoms with Crippen molar-refractivity contribution in [1.29, 1.82) is 0 Å². The number of hydrogen-bond acceptors (Lipinski definition) is 1. The summed E-state index contributed by atoms with van der Waals surface area (Å²) in [7, 11) is 0. The highest BCUT2D eigenvalue weighted by Gasteiger charge is 2.31. The lowest BCUT2D eigenvalue weighted by molar-refractivity contribution is -0.930. The van der Waals surface area contributed by atoms with Crippen molar-refractivity contribution in [1.82, 2.24) is 4.90 Å². The van der Waals surface area contributed by atoms with Crippen LogP contribution in [-0.4, -0.2) is 43.0 Å². The SMILES string of the molecule is CC1CCC([NH+]2CCN(C(=O)c3cccc(F)c3)CC2)CC1. The Morgan fingerprint density at radius 3 is 2.50 bits per heavy atom. The van der Waals surface area contributed by atoms with E-state index < -0.39 is 0 Å². The number of halogens is 1. The average Bonchev–Trinajstić information content (AvgIpc) is 2.55. The minimum Gasteiger partial charge on any atom is -0.330 e. The van der Waals surface area contributed by atoms with Gasteiger partial charge in [-0.25, -0.2) is 4.39 Å². The molecule has 1 heterocycles. The summed E-state index contributed by atoms with van der Waals surface area (Å²) in [6.07, 6.45) is 5.35. The number of carbonyl (C=O) groups excluding carboxylic acids is 1. The van der Waals surface area contributed by atoms with Crippen molar-refractivity contribution in [2.24, 2.45) is 5.92 Å². The molecule has 2 fully saturated rings. The standard InChI is InChI=1S/C18H25FN2O/c1-14-5-7-17(8-6-14)20-9-11-21(12-10-20)18(22)15-3-2-4-16(19)13-15/h2-4,13-14,17H,5-12H2,1H3/p+1. The Labute approximate surface area is 132 Å². The van der Waals surface area contributed by atoms with Gasteiger partial charge in [0.15, 0.2) is 0 Å². The maximum atomic E-state index is 13.3. The van der Waals surface area contributed by atoms with Crippen molar-refractivity contribution in [3.63, 3.8) is 0 Å². The van der Waals surface area contributed by atoms with Crippen molar-refractivity contribution >= 4 is 5.91 Å². The van der Waals surface area contributed by atoms with Crippen molar-refractivity contribution in [2.45, 2.75) is 38.6 Å². The first-order valence-electron chi connectivity index (χ1n) is 8.53. The molecule has 0 atom stereocenters. The molecule has 0 unspecified atom stereocenters. The Hall–Kier alpha value is -1.42. The molecule has 22 heavy (non-hydrogen) atoms. The predicted octanol–water partition coefficient (Wildman–Crippen LogP) is 1.75. The summed E-state index contributed by atoms with van der Waals surface area (Å²) >= 11 is 0. The molecule has 1 aliphatic carbocycles. The molecule has 1 saturated heterocycles. The molecular formula is C18H26FN2O+. The number of amides is 1. The molecule has 0 radical (unpaired) electrons. The van der Waals surface area contributed by atoms with E-state index in [1.54, 1.807) is 17.0 Å². The van der Waals surface area contributed by atoms with E-state index in [0.29, 0.717) is 5.56 Å². The molecule has 2 aliphatic rings. The summed E-state index contributed by atoms with van der Waals surface area (Å²) in [4.78, 5) is 16.0. The maximum Gasteiger partial charge on any atom is 0.254 e. The van der Waals surface area contributed by atoms with Gasteiger partial charge in [-0.05, 0) is 49.8 Å². The number of rotatable bonds is 2. The molecule has 3 rings (SSSR count). The molecular weight excluding hydrogens is 279 g/mol. The summed E-state index contributed by atoms with van der Waals surface area (Å²) in [6.45, 7) is 5.98. The van der Waals surface area contributed by atoms with Crippen molar-refractivity contribution < 1.29 is 14.1 Å². The lowest BCUT2D eigenvalue weighted by Crippen LogP contribution is -3.18. The van der Waals surface area contributed by atoms with Gasteiger partial charge in [0.1, 0.15) is 5.82 Å². The van der Waals surface area contributed by atoms with Gasteiger partial charge in [0.2, 0.25) is 0 Å². The van der Waals surface area contributed by atoms with Crippen LogP contribution in [0.15, 0.2) is 24.3 Å². The molecule has 1 aromatic rings. The first kappa shape index (κ1) is 15.5. The lowest BCUT2D eigenvalue weighted by Gasteiger charge is -2.39. The molecule has 0 bridgehead atoms. The second-order valence-electron chi connectivity index (χ2n) is 6.92. The van der Waals surface area contributed by atoms with Gasteiger partial charge >= 0.3 is 0 Å². The van der Waals surface area contributed by atoms with Gasteiger partial charge in [0.25, 0.3) is 5.91 Å². The van der Waals surface area contributed by atoms with Crippen LogP contribution < -0.4 is 4.90 Å². The Balaban J connectivity index is 1.54. The van der Waals surface area contributed by atoms with E-state index in [1.807, 2.05) is 4.90 Å². The van der Waals surface area contributed by atoms with Crippen LogP contribution in [0.25, 0.3) is 0 Å². The van der Waals surface area contributed by atoms with Gasteiger partial charge in [0.05, 0.1) is 32.2 Å². The van der Waals surface area contributed by atoms with Crippen molar-refractivity contribution in [2.75, 3.05) is 26.2 Å². The fourth-order valence-electron chi connectivity index (χ4n) is 3.88. The quantitative estimate of drug-likeness (QED) is 0.884. The van der Waals surface area contributed by atoms with E-state index in [9.17, 15) is 9.18 Å². The monoisotopic (exact) mass is 305 g/mol. The van der Waals surface area contributed by atoms with Crippen LogP contribution in [-0.2, 0) is 0 Å². The third-order valence-electron chi connectivity index (χ3n) is 5.36. The average molecular weight is 305 g/mol. The molecule has 0 aromatic heterocycles. The number of piperazine rings is 1. The van der Waals surface area contributed by atoms with Crippen molar-refractivity contribution in [3.8, 4) is 0 Å². The third-order valence-corrected chi connectivity index (χ3v) is 5.36. The Bertz CT molecular complexity index is 518. The zero-order chi connectivity index (χ0) is 15.5. The lowest BCUT2D eigenvalue weighted by atomic mass is 9.86. The van der Waals surface area contributed by atoms with Crippen LogP contribution in [0.3, 0.4) is 0 Å². The summed E-state index contributed by atoms with van der Waals surface area (Å²) in [5.41, 5.74) is 0.468. The number of benzene rings is 1.